The molecule has 3 nitrogen and oxygen atoms in total. The first-order chi connectivity index (χ1) is 8.04. The van der Waals surface area contributed by atoms with Gasteiger partial charge in [-0.2, -0.15) is 13.2 Å². The van der Waals surface area contributed by atoms with Crippen molar-refractivity contribution in [1.82, 2.24) is 10.4 Å². The maximum absolute atomic E-state index is 12.8. The topological polar surface area (TPSA) is 50.9 Å². The second-order valence-corrected chi connectivity index (χ2v) is 3.59. The fraction of sp³-hybridized carbons (Fsp3) is 0.182. The van der Waals surface area contributed by atoms with Crippen molar-refractivity contribution in [3.8, 4) is 0 Å². The van der Waals surface area contributed by atoms with Crippen LogP contribution in [0.4, 0.5) is 13.2 Å². The van der Waals surface area contributed by atoms with Crippen LogP contribution in [0.2, 0.25) is 0 Å². The van der Waals surface area contributed by atoms with Crippen molar-refractivity contribution in [3.05, 3.63) is 42.2 Å². The first-order valence-electron chi connectivity index (χ1n) is 4.89. The van der Waals surface area contributed by atoms with Crippen LogP contribution < -0.4 is 11.3 Å². The van der Waals surface area contributed by atoms with Crippen molar-refractivity contribution in [3.63, 3.8) is 0 Å². The summed E-state index contributed by atoms with van der Waals surface area (Å²) in [5, 5.41) is 1.14. The highest BCUT2D eigenvalue weighted by Gasteiger charge is 2.40. The van der Waals surface area contributed by atoms with Crippen LogP contribution in [0, 0.1) is 0 Å². The average Bonchev–Trinajstić information content (AvgIpc) is 2.28. The second kappa shape index (κ2) is 4.31. The normalized spacial score (nSPS) is 13.9. The van der Waals surface area contributed by atoms with Crippen LogP contribution in [0.5, 0.6) is 0 Å². The zero-order valence-electron chi connectivity index (χ0n) is 8.70. The zero-order chi connectivity index (χ0) is 12.5. The summed E-state index contributed by atoms with van der Waals surface area (Å²) in [5.41, 5.74) is 1.87. The minimum Gasteiger partial charge on any atom is -0.271 e. The zero-order valence-corrected chi connectivity index (χ0v) is 8.70. The molecule has 6 heteroatoms. The van der Waals surface area contributed by atoms with Gasteiger partial charge in [-0.3, -0.25) is 10.8 Å². The summed E-state index contributed by atoms with van der Waals surface area (Å²) in [6.07, 6.45) is -1.51. The molecule has 0 saturated carbocycles. The fourth-order valence-electron chi connectivity index (χ4n) is 1.75. The first kappa shape index (κ1) is 11.8. The van der Waals surface area contributed by atoms with Crippen molar-refractivity contribution in [2.75, 3.05) is 0 Å². The van der Waals surface area contributed by atoms with Crippen molar-refractivity contribution < 1.29 is 13.2 Å². The largest absolute Gasteiger partial charge is 0.409 e. The minimum atomic E-state index is -4.45. The van der Waals surface area contributed by atoms with Crippen LogP contribution in [-0.4, -0.2) is 11.2 Å². The Morgan fingerprint density at radius 1 is 1.24 bits per heavy atom. The lowest BCUT2D eigenvalue weighted by Gasteiger charge is -2.20. The van der Waals surface area contributed by atoms with Gasteiger partial charge >= 0.3 is 6.18 Å². The Morgan fingerprint density at radius 2 is 2.00 bits per heavy atom. The number of nitrogens with two attached hydrogens (primary N) is 1. The maximum Gasteiger partial charge on any atom is 0.409 e. The molecule has 1 aromatic carbocycles. The molecule has 2 aromatic rings. The number of rotatable bonds is 2. The monoisotopic (exact) mass is 241 g/mol. The molecular formula is C11H10F3N3. The van der Waals surface area contributed by atoms with Gasteiger partial charge in [-0.05, 0) is 17.0 Å². The highest BCUT2D eigenvalue weighted by Crippen LogP contribution is 2.35. The van der Waals surface area contributed by atoms with Crippen molar-refractivity contribution in [1.29, 1.82) is 0 Å². The van der Waals surface area contributed by atoms with E-state index in [1.807, 2.05) is 0 Å². The van der Waals surface area contributed by atoms with Crippen LogP contribution >= 0.6 is 0 Å². The van der Waals surface area contributed by atoms with Gasteiger partial charge in [0.25, 0.3) is 0 Å². The molecule has 0 fully saturated rings. The molecular weight excluding hydrogens is 231 g/mol. The quantitative estimate of drug-likeness (QED) is 0.626. The van der Waals surface area contributed by atoms with E-state index in [1.54, 1.807) is 23.6 Å². The van der Waals surface area contributed by atoms with Gasteiger partial charge in [-0.1, -0.05) is 18.2 Å². The van der Waals surface area contributed by atoms with Gasteiger partial charge in [0.2, 0.25) is 0 Å². The molecule has 0 spiro atoms. The number of hydrazine groups is 1. The Balaban J connectivity index is 2.62. The molecule has 90 valence electrons. The number of hydrogen-bond donors (Lipinski definition) is 2. The fourth-order valence-corrected chi connectivity index (χ4v) is 1.75. The predicted octanol–water partition coefficient (Wildman–Crippen LogP) is 2.30. The number of nitrogens with zero attached hydrogens (tertiary/aromatic N) is 1. The van der Waals surface area contributed by atoms with Crippen LogP contribution in [0.25, 0.3) is 10.8 Å². The van der Waals surface area contributed by atoms with Gasteiger partial charge in [-0.25, -0.2) is 5.43 Å². The standard InChI is InChI=1S/C11H10F3N3/c12-11(13,14)10(17-15)8-3-1-2-7-4-5-16-6-9(7)8/h1-6,10,17H,15H2. The van der Waals surface area contributed by atoms with E-state index in [-0.39, 0.29) is 5.56 Å². The second-order valence-electron chi connectivity index (χ2n) is 3.59. The van der Waals surface area contributed by atoms with Gasteiger partial charge in [0.05, 0.1) is 0 Å². The lowest BCUT2D eigenvalue weighted by atomic mass is 10.0. The smallest absolute Gasteiger partial charge is 0.271 e. The number of nitrogens with one attached hydrogen (secondary N) is 1. The number of alkyl halides is 3. The molecule has 0 radical (unpaired) electrons. The number of halogens is 3. The molecule has 1 atom stereocenters. The molecule has 0 aliphatic rings. The molecule has 0 bridgehead atoms. The van der Waals surface area contributed by atoms with E-state index in [9.17, 15) is 13.2 Å². The van der Waals surface area contributed by atoms with Gasteiger partial charge in [0, 0.05) is 17.8 Å². The van der Waals surface area contributed by atoms with Crippen molar-refractivity contribution in [2.45, 2.75) is 12.2 Å². The molecule has 0 aliphatic carbocycles. The van der Waals surface area contributed by atoms with E-state index >= 15 is 0 Å². The van der Waals surface area contributed by atoms with Gasteiger partial charge < -0.3 is 0 Å². The van der Waals surface area contributed by atoms with E-state index < -0.39 is 12.2 Å². The highest BCUT2D eigenvalue weighted by atomic mass is 19.4. The number of hydrogen-bond acceptors (Lipinski definition) is 3. The Labute approximate surface area is 95.4 Å². The minimum absolute atomic E-state index is 0.0746. The van der Waals surface area contributed by atoms with Crippen LogP contribution in [0.1, 0.15) is 11.6 Å². The van der Waals surface area contributed by atoms with E-state index in [2.05, 4.69) is 4.98 Å². The van der Waals surface area contributed by atoms with Gasteiger partial charge in [0.15, 0.2) is 0 Å². The number of pyridine rings is 1. The summed E-state index contributed by atoms with van der Waals surface area (Å²) in [4.78, 5) is 3.84. The molecule has 1 aromatic heterocycles. The third-order valence-corrected chi connectivity index (χ3v) is 2.52. The van der Waals surface area contributed by atoms with E-state index in [4.69, 9.17) is 5.84 Å². The van der Waals surface area contributed by atoms with Crippen molar-refractivity contribution in [2.24, 2.45) is 5.84 Å². The molecule has 17 heavy (non-hydrogen) atoms. The third-order valence-electron chi connectivity index (χ3n) is 2.52. The maximum atomic E-state index is 12.8. The van der Waals surface area contributed by atoms with Gasteiger partial charge in [0.1, 0.15) is 6.04 Å². The molecule has 0 saturated heterocycles. The Kier molecular flexibility index (Phi) is 2.99. The number of fused-ring (bicyclic) bond motifs is 1. The first-order valence-corrected chi connectivity index (χ1v) is 4.89. The Hall–Kier alpha value is -1.66. The summed E-state index contributed by atoms with van der Waals surface area (Å²) in [5.74, 6) is 4.99. The molecule has 2 rings (SSSR count). The van der Waals surface area contributed by atoms with E-state index in [0.717, 1.165) is 0 Å². The van der Waals surface area contributed by atoms with Crippen LogP contribution in [0.15, 0.2) is 36.7 Å². The van der Waals surface area contributed by atoms with E-state index in [1.165, 1.54) is 18.5 Å². The van der Waals surface area contributed by atoms with Crippen molar-refractivity contribution >= 4 is 10.8 Å². The summed E-state index contributed by atoms with van der Waals surface area (Å²) in [6, 6.07) is 4.44. The SMILES string of the molecule is NNC(c1cccc2ccncc12)C(F)(F)F. The third kappa shape index (κ3) is 2.22. The molecule has 1 heterocycles. The predicted molar refractivity (Wildman–Crippen MR) is 57.9 cm³/mol. The molecule has 1 unspecified atom stereocenters. The summed E-state index contributed by atoms with van der Waals surface area (Å²) in [6.45, 7) is 0. The molecule has 0 aliphatic heterocycles. The van der Waals surface area contributed by atoms with Crippen LogP contribution in [-0.2, 0) is 0 Å². The Bertz CT molecular complexity index is 519. The summed E-state index contributed by atoms with van der Waals surface area (Å²) in [7, 11) is 0. The average molecular weight is 241 g/mol. The van der Waals surface area contributed by atoms with Gasteiger partial charge in [-0.15, -0.1) is 0 Å². The molecule has 3 N–H and O–H groups in total. The summed E-state index contributed by atoms with van der Waals surface area (Å²) < 4.78 is 38.3. The van der Waals surface area contributed by atoms with E-state index in [0.29, 0.717) is 10.8 Å². The highest BCUT2D eigenvalue weighted by molar-refractivity contribution is 5.85. The lowest BCUT2D eigenvalue weighted by molar-refractivity contribution is -0.157. The summed E-state index contributed by atoms with van der Waals surface area (Å²) >= 11 is 0. The number of aromatic nitrogens is 1. The Morgan fingerprint density at radius 3 is 2.65 bits per heavy atom. The lowest BCUT2D eigenvalue weighted by Crippen LogP contribution is -2.38. The number of benzene rings is 1. The molecule has 0 amide bonds. The van der Waals surface area contributed by atoms with Crippen LogP contribution in [0.3, 0.4) is 0 Å².